The highest BCUT2D eigenvalue weighted by molar-refractivity contribution is 14.0. The number of thiophene rings is 1. The molecule has 0 unspecified atom stereocenters. The Balaban J connectivity index is 0.00000264. The molecule has 0 bridgehead atoms. The summed E-state index contributed by atoms with van der Waals surface area (Å²) in [4.78, 5) is 17.2. The number of aryl methyl sites for hydroxylation is 1. The van der Waals surface area contributed by atoms with Crippen LogP contribution in [0.4, 0.5) is 5.69 Å². The quantitative estimate of drug-likeness (QED) is 0.243. The van der Waals surface area contributed by atoms with E-state index in [1.165, 1.54) is 15.8 Å². The summed E-state index contributed by atoms with van der Waals surface area (Å²) in [5, 5.41) is 17.3. The average molecular weight is 446 g/mol. The molecule has 0 spiro atoms. The Bertz CT molecular complexity index is 688. The lowest BCUT2D eigenvalue weighted by atomic mass is 10.2. The number of guanidine groups is 1. The normalized spacial score (nSPS) is 10.8. The summed E-state index contributed by atoms with van der Waals surface area (Å²) in [6.07, 6.45) is 0. The van der Waals surface area contributed by atoms with Crippen molar-refractivity contribution in [2.75, 3.05) is 7.05 Å². The fourth-order valence-electron chi connectivity index (χ4n) is 1.99. The summed E-state index contributed by atoms with van der Waals surface area (Å²) in [5.41, 5.74) is 0.738. The van der Waals surface area contributed by atoms with Crippen LogP contribution in [-0.2, 0) is 13.1 Å². The first-order chi connectivity index (χ1) is 10.6. The molecule has 0 saturated heterocycles. The van der Waals surface area contributed by atoms with Crippen LogP contribution in [0.2, 0.25) is 0 Å². The zero-order chi connectivity index (χ0) is 15.9. The molecular weight excluding hydrogens is 427 g/mol. The number of halogens is 1. The second-order valence-corrected chi connectivity index (χ2v) is 6.05. The van der Waals surface area contributed by atoms with Crippen LogP contribution in [0.1, 0.15) is 15.3 Å². The van der Waals surface area contributed by atoms with Gasteiger partial charge in [0.05, 0.1) is 11.5 Å². The maximum Gasteiger partial charge on any atom is 0.274 e. The topological polar surface area (TPSA) is 79.6 Å². The highest BCUT2D eigenvalue weighted by Gasteiger charge is 2.12. The Morgan fingerprint density at radius 1 is 1.22 bits per heavy atom. The van der Waals surface area contributed by atoms with Crippen molar-refractivity contribution in [2.45, 2.75) is 20.0 Å². The zero-order valence-electron chi connectivity index (χ0n) is 12.9. The molecular formula is C15H19IN4O2S. The molecule has 1 heterocycles. The minimum atomic E-state index is -0.373. The number of nitro benzene ring substituents is 1. The molecule has 2 aromatic rings. The Hall–Kier alpha value is -1.68. The molecule has 0 saturated carbocycles. The van der Waals surface area contributed by atoms with E-state index in [0.717, 1.165) is 0 Å². The van der Waals surface area contributed by atoms with E-state index in [4.69, 9.17) is 0 Å². The lowest BCUT2D eigenvalue weighted by Gasteiger charge is -2.11. The van der Waals surface area contributed by atoms with Gasteiger partial charge in [0.2, 0.25) is 0 Å². The predicted molar refractivity (Wildman–Crippen MR) is 105 cm³/mol. The molecule has 6 nitrogen and oxygen atoms in total. The van der Waals surface area contributed by atoms with Gasteiger partial charge < -0.3 is 10.6 Å². The molecule has 124 valence electrons. The minimum absolute atomic E-state index is 0. The van der Waals surface area contributed by atoms with Gasteiger partial charge in [-0.1, -0.05) is 18.2 Å². The van der Waals surface area contributed by atoms with Gasteiger partial charge in [0.15, 0.2) is 5.96 Å². The molecule has 23 heavy (non-hydrogen) atoms. The van der Waals surface area contributed by atoms with E-state index in [0.29, 0.717) is 24.6 Å². The summed E-state index contributed by atoms with van der Waals surface area (Å²) in [6, 6.07) is 10.8. The van der Waals surface area contributed by atoms with Crippen LogP contribution in [0, 0.1) is 17.0 Å². The molecule has 8 heteroatoms. The molecule has 0 fully saturated rings. The first kappa shape index (κ1) is 19.4. The molecule has 0 radical (unpaired) electrons. The first-order valence-corrected chi connectivity index (χ1v) is 7.64. The number of hydrogen-bond acceptors (Lipinski definition) is 4. The van der Waals surface area contributed by atoms with E-state index >= 15 is 0 Å². The van der Waals surface area contributed by atoms with Crippen LogP contribution in [-0.4, -0.2) is 17.9 Å². The van der Waals surface area contributed by atoms with E-state index < -0.39 is 0 Å². The van der Waals surface area contributed by atoms with Crippen molar-refractivity contribution in [3.8, 4) is 0 Å². The van der Waals surface area contributed by atoms with Crippen molar-refractivity contribution in [3.63, 3.8) is 0 Å². The van der Waals surface area contributed by atoms with Crippen molar-refractivity contribution < 1.29 is 4.92 Å². The number of benzene rings is 1. The van der Waals surface area contributed by atoms with Crippen molar-refractivity contribution >= 4 is 47.0 Å². The molecule has 2 N–H and O–H groups in total. The van der Waals surface area contributed by atoms with E-state index in [9.17, 15) is 10.1 Å². The SMILES string of the molecule is CN=C(NCc1ccc(C)s1)NCc1ccccc1[N+](=O)[O-].I. The highest BCUT2D eigenvalue weighted by atomic mass is 127. The Labute approximate surface area is 156 Å². The molecule has 0 aliphatic rings. The van der Waals surface area contributed by atoms with Crippen molar-refractivity contribution in [3.05, 3.63) is 61.8 Å². The fraction of sp³-hybridized carbons (Fsp3) is 0.267. The summed E-state index contributed by atoms with van der Waals surface area (Å²) in [6.45, 7) is 3.09. The Morgan fingerprint density at radius 2 is 1.91 bits per heavy atom. The third kappa shape index (κ3) is 5.79. The second-order valence-electron chi connectivity index (χ2n) is 4.68. The van der Waals surface area contributed by atoms with Gasteiger partial charge in [0.1, 0.15) is 0 Å². The predicted octanol–water partition coefficient (Wildman–Crippen LogP) is 3.45. The number of rotatable bonds is 5. The van der Waals surface area contributed by atoms with Crippen molar-refractivity contribution in [1.29, 1.82) is 0 Å². The van der Waals surface area contributed by atoms with Crippen LogP contribution in [0.5, 0.6) is 0 Å². The van der Waals surface area contributed by atoms with Gasteiger partial charge >= 0.3 is 0 Å². The minimum Gasteiger partial charge on any atom is -0.352 e. The maximum absolute atomic E-state index is 11.0. The van der Waals surface area contributed by atoms with Gasteiger partial charge in [-0.2, -0.15) is 0 Å². The standard InChI is InChI=1S/C15H18N4O2S.HI/c1-11-7-8-13(22-11)10-18-15(16-2)17-9-12-5-3-4-6-14(12)19(20)21;/h3-8H,9-10H2,1-2H3,(H2,16,17,18);1H. The number of hydrogen-bond donors (Lipinski definition) is 2. The van der Waals surface area contributed by atoms with E-state index in [-0.39, 0.29) is 34.6 Å². The van der Waals surface area contributed by atoms with Gasteiger partial charge in [0.25, 0.3) is 5.69 Å². The van der Waals surface area contributed by atoms with Crippen molar-refractivity contribution in [2.24, 2.45) is 4.99 Å². The zero-order valence-corrected chi connectivity index (χ0v) is 16.1. The smallest absolute Gasteiger partial charge is 0.274 e. The summed E-state index contributed by atoms with van der Waals surface area (Å²) in [7, 11) is 1.68. The van der Waals surface area contributed by atoms with Gasteiger partial charge in [0, 0.05) is 35.0 Å². The van der Waals surface area contributed by atoms with Crippen LogP contribution in [0.15, 0.2) is 41.4 Å². The molecule has 1 aromatic heterocycles. The van der Waals surface area contributed by atoms with Gasteiger partial charge in [-0.05, 0) is 19.1 Å². The third-order valence-electron chi connectivity index (χ3n) is 3.08. The Kier molecular flexibility index (Phi) is 7.96. The largest absolute Gasteiger partial charge is 0.352 e. The van der Waals surface area contributed by atoms with Gasteiger partial charge in [-0.15, -0.1) is 35.3 Å². The van der Waals surface area contributed by atoms with Crippen LogP contribution < -0.4 is 10.6 Å². The molecule has 0 aliphatic heterocycles. The number of nitrogens with one attached hydrogen (secondary N) is 2. The summed E-state index contributed by atoms with van der Waals surface area (Å²) < 4.78 is 0. The first-order valence-electron chi connectivity index (χ1n) is 6.82. The van der Waals surface area contributed by atoms with E-state index in [2.05, 4.69) is 34.7 Å². The highest BCUT2D eigenvalue weighted by Crippen LogP contribution is 2.17. The van der Waals surface area contributed by atoms with E-state index in [1.54, 1.807) is 36.6 Å². The van der Waals surface area contributed by atoms with Gasteiger partial charge in [-0.3, -0.25) is 15.1 Å². The second kappa shape index (κ2) is 9.46. The van der Waals surface area contributed by atoms with E-state index in [1.807, 2.05) is 0 Å². The van der Waals surface area contributed by atoms with Gasteiger partial charge in [-0.25, -0.2) is 0 Å². The average Bonchev–Trinajstić information content (AvgIpc) is 2.93. The lowest BCUT2D eigenvalue weighted by molar-refractivity contribution is -0.385. The number of nitrogens with zero attached hydrogens (tertiary/aromatic N) is 2. The number of nitro groups is 1. The molecule has 0 aliphatic carbocycles. The molecule has 0 amide bonds. The van der Waals surface area contributed by atoms with Crippen molar-refractivity contribution in [1.82, 2.24) is 10.6 Å². The third-order valence-corrected chi connectivity index (χ3v) is 4.08. The van der Waals surface area contributed by atoms with Crippen LogP contribution in [0.3, 0.4) is 0 Å². The van der Waals surface area contributed by atoms with Crippen LogP contribution in [0.25, 0.3) is 0 Å². The monoisotopic (exact) mass is 446 g/mol. The number of para-hydroxylation sites is 1. The molecule has 0 atom stereocenters. The molecule has 2 rings (SSSR count). The Morgan fingerprint density at radius 3 is 2.52 bits per heavy atom. The molecule has 1 aromatic carbocycles. The van der Waals surface area contributed by atoms with Crippen LogP contribution >= 0.6 is 35.3 Å². The maximum atomic E-state index is 11.0. The lowest BCUT2D eigenvalue weighted by Crippen LogP contribution is -2.36. The summed E-state index contributed by atoms with van der Waals surface area (Å²) >= 11 is 1.73. The number of aliphatic imine (C=N–C) groups is 1. The summed E-state index contributed by atoms with van der Waals surface area (Å²) in [5.74, 6) is 0.615. The fourth-order valence-corrected chi connectivity index (χ4v) is 2.82.